The molecule has 0 aliphatic rings. The number of ether oxygens (including phenoxy) is 1. The maximum atomic E-state index is 9.72. The minimum atomic E-state index is -0.417. The third-order valence-electron chi connectivity index (χ3n) is 2.11. The molecule has 0 aliphatic carbocycles. The van der Waals surface area contributed by atoms with Gasteiger partial charge in [0.25, 0.3) is 0 Å². The summed E-state index contributed by atoms with van der Waals surface area (Å²) in [6.07, 6.45) is 1.12. The van der Waals surface area contributed by atoms with Gasteiger partial charge in [0.1, 0.15) is 5.75 Å². The van der Waals surface area contributed by atoms with Crippen LogP contribution in [0.4, 0.5) is 0 Å². The van der Waals surface area contributed by atoms with Crippen LogP contribution in [-0.4, -0.2) is 18.1 Å². The molecule has 0 aliphatic heterocycles. The highest BCUT2D eigenvalue weighted by molar-refractivity contribution is 6.17. The Morgan fingerprint density at radius 1 is 1.36 bits per heavy atom. The van der Waals surface area contributed by atoms with Crippen LogP contribution in [0.15, 0.2) is 24.3 Å². The minimum Gasteiger partial charge on any atom is -0.497 e. The average Bonchev–Trinajstić information content (AvgIpc) is 2.26. The van der Waals surface area contributed by atoms with E-state index < -0.39 is 6.10 Å². The van der Waals surface area contributed by atoms with Crippen LogP contribution in [-0.2, 0) is 0 Å². The summed E-state index contributed by atoms with van der Waals surface area (Å²) in [5, 5.41) is 9.72. The summed E-state index contributed by atoms with van der Waals surface area (Å²) in [4.78, 5) is 0. The van der Waals surface area contributed by atoms with Crippen molar-refractivity contribution >= 4 is 11.6 Å². The van der Waals surface area contributed by atoms with Gasteiger partial charge in [0, 0.05) is 5.88 Å². The molecule has 1 rings (SSSR count). The average molecular weight is 215 g/mol. The normalized spacial score (nSPS) is 12.5. The fraction of sp³-hybridized carbons (Fsp3) is 0.455. The fourth-order valence-electron chi connectivity index (χ4n) is 1.26. The van der Waals surface area contributed by atoms with Crippen molar-refractivity contribution in [2.45, 2.75) is 18.9 Å². The Hall–Kier alpha value is -0.730. The maximum absolute atomic E-state index is 9.72. The van der Waals surface area contributed by atoms with Gasteiger partial charge in [-0.05, 0) is 30.5 Å². The number of aliphatic hydroxyl groups excluding tert-OH is 1. The highest BCUT2D eigenvalue weighted by atomic mass is 35.5. The van der Waals surface area contributed by atoms with Crippen LogP contribution in [0.3, 0.4) is 0 Å². The number of aliphatic hydroxyl groups is 1. The molecule has 0 aromatic heterocycles. The molecule has 3 heteroatoms. The molecule has 2 nitrogen and oxygen atoms in total. The van der Waals surface area contributed by atoms with E-state index in [9.17, 15) is 5.11 Å². The number of methoxy groups -OCH3 is 1. The van der Waals surface area contributed by atoms with E-state index in [1.165, 1.54) is 0 Å². The van der Waals surface area contributed by atoms with Crippen molar-refractivity contribution in [2.24, 2.45) is 0 Å². The summed E-state index contributed by atoms with van der Waals surface area (Å²) >= 11 is 5.55. The van der Waals surface area contributed by atoms with Crippen molar-refractivity contribution in [2.75, 3.05) is 13.0 Å². The molecule has 0 radical (unpaired) electrons. The Balaban J connectivity index is 2.57. The first-order chi connectivity index (χ1) is 6.77. The number of hydrogen-bond donors (Lipinski definition) is 1. The molecule has 1 aromatic carbocycles. The smallest absolute Gasteiger partial charge is 0.118 e. The van der Waals surface area contributed by atoms with Crippen LogP contribution < -0.4 is 4.74 Å². The lowest BCUT2D eigenvalue weighted by Gasteiger charge is -2.10. The topological polar surface area (TPSA) is 29.5 Å². The molecular formula is C11H15ClO2. The standard InChI is InChI=1S/C11H15ClO2/c1-14-10-6-4-9(5-7-10)11(13)3-2-8-12/h4-7,11,13H,2-3,8H2,1H3/t11-/m1/s1. The molecule has 14 heavy (non-hydrogen) atoms. The van der Waals surface area contributed by atoms with E-state index in [0.29, 0.717) is 12.3 Å². The van der Waals surface area contributed by atoms with Crippen molar-refractivity contribution < 1.29 is 9.84 Å². The Kier molecular flexibility index (Phi) is 4.77. The Morgan fingerprint density at radius 2 is 2.00 bits per heavy atom. The molecule has 0 heterocycles. The lowest BCUT2D eigenvalue weighted by molar-refractivity contribution is 0.166. The van der Waals surface area contributed by atoms with E-state index in [0.717, 1.165) is 17.7 Å². The van der Waals surface area contributed by atoms with E-state index in [2.05, 4.69) is 0 Å². The van der Waals surface area contributed by atoms with Crippen LogP contribution in [0, 0.1) is 0 Å². The van der Waals surface area contributed by atoms with Crippen LogP contribution in [0.2, 0.25) is 0 Å². The van der Waals surface area contributed by atoms with Gasteiger partial charge in [-0.15, -0.1) is 11.6 Å². The molecule has 1 atom stereocenters. The van der Waals surface area contributed by atoms with Crippen molar-refractivity contribution in [3.63, 3.8) is 0 Å². The van der Waals surface area contributed by atoms with Gasteiger partial charge in [-0.1, -0.05) is 12.1 Å². The molecule has 0 amide bonds. The third kappa shape index (κ3) is 3.20. The lowest BCUT2D eigenvalue weighted by Crippen LogP contribution is -1.97. The zero-order chi connectivity index (χ0) is 10.4. The third-order valence-corrected chi connectivity index (χ3v) is 2.38. The van der Waals surface area contributed by atoms with Crippen molar-refractivity contribution in [1.82, 2.24) is 0 Å². The molecule has 78 valence electrons. The summed E-state index contributed by atoms with van der Waals surface area (Å²) in [7, 11) is 1.62. The second kappa shape index (κ2) is 5.89. The Labute approximate surface area is 89.5 Å². The lowest BCUT2D eigenvalue weighted by atomic mass is 10.1. The molecular weight excluding hydrogens is 200 g/mol. The SMILES string of the molecule is COc1ccc([C@H](O)CCCCl)cc1. The quantitative estimate of drug-likeness (QED) is 0.764. The van der Waals surface area contributed by atoms with E-state index in [1.807, 2.05) is 24.3 Å². The summed E-state index contributed by atoms with van der Waals surface area (Å²) < 4.78 is 5.03. The summed E-state index contributed by atoms with van der Waals surface area (Å²) in [5.74, 6) is 1.39. The number of halogens is 1. The van der Waals surface area contributed by atoms with Crippen molar-refractivity contribution in [1.29, 1.82) is 0 Å². The maximum Gasteiger partial charge on any atom is 0.118 e. The summed E-state index contributed by atoms with van der Waals surface area (Å²) in [6, 6.07) is 7.44. The van der Waals surface area contributed by atoms with Gasteiger partial charge >= 0.3 is 0 Å². The van der Waals surface area contributed by atoms with Gasteiger partial charge in [0.2, 0.25) is 0 Å². The van der Waals surface area contributed by atoms with Gasteiger partial charge < -0.3 is 9.84 Å². The second-order valence-electron chi connectivity index (χ2n) is 3.12. The number of hydrogen-bond acceptors (Lipinski definition) is 2. The fourth-order valence-corrected chi connectivity index (χ4v) is 1.42. The highest BCUT2D eigenvalue weighted by Gasteiger charge is 2.06. The van der Waals surface area contributed by atoms with Crippen LogP contribution in [0.25, 0.3) is 0 Å². The van der Waals surface area contributed by atoms with Gasteiger partial charge in [-0.2, -0.15) is 0 Å². The number of alkyl halides is 1. The number of benzene rings is 1. The predicted octanol–water partition coefficient (Wildman–Crippen LogP) is 2.75. The monoisotopic (exact) mass is 214 g/mol. The number of rotatable bonds is 5. The van der Waals surface area contributed by atoms with Crippen LogP contribution in [0.1, 0.15) is 24.5 Å². The van der Waals surface area contributed by atoms with Gasteiger partial charge in [-0.25, -0.2) is 0 Å². The van der Waals surface area contributed by atoms with Crippen LogP contribution in [0.5, 0.6) is 5.75 Å². The van der Waals surface area contributed by atoms with E-state index in [-0.39, 0.29) is 0 Å². The largest absolute Gasteiger partial charge is 0.497 e. The Morgan fingerprint density at radius 3 is 2.50 bits per heavy atom. The molecule has 0 bridgehead atoms. The summed E-state index contributed by atoms with van der Waals surface area (Å²) in [5.41, 5.74) is 0.913. The highest BCUT2D eigenvalue weighted by Crippen LogP contribution is 2.21. The second-order valence-corrected chi connectivity index (χ2v) is 3.50. The van der Waals surface area contributed by atoms with Gasteiger partial charge in [0.05, 0.1) is 13.2 Å². The minimum absolute atomic E-state index is 0.417. The molecule has 0 saturated carbocycles. The van der Waals surface area contributed by atoms with Crippen LogP contribution >= 0.6 is 11.6 Å². The Bertz CT molecular complexity index is 258. The van der Waals surface area contributed by atoms with E-state index >= 15 is 0 Å². The van der Waals surface area contributed by atoms with Crippen molar-refractivity contribution in [3.8, 4) is 5.75 Å². The van der Waals surface area contributed by atoms with Gasteiger partial charge in [0.15, 0.2) is 0 Å². The first kappa shape index (κ1) is 11.3. The first-order valence-electron chi connectivity index (χ1n) is 4.66. The molecule has 1 N–H and O–H groups in total. The van der Waals surface area contributed by atoms with Gasteiger partial charge in [-0.3, -0.25) is 0 Å². The zero-order valence-electron chi connectivity index (χ0n) is 8.24. The van der Waals surface area contributed by atoms with Crippen molar-refractivity contribution in [3.05, 3.63) is 29.8 Å². The molecule has 1 aromatic rings. The molecule has 0 unspecified atom stereocenters. The zero-order valence-corrected chi connectivity index (χ0v) is 9.00. The van der Waals surface area contributed by atoms with E-state index in [4.69, 9.17) is 16.3 Å². The predicted molar refractivity (Wildman–Crippen MR) is 57.9 cm³/mol. The molecule has 0 fully saturated rings. The van der Waals surface area contributed by atoms with E-state index in [1.54, 1.807) is 7.11 Å². The molecule has 0 saturated heterocycles. The summed E-state index contributed by atoms with van der Waals surface area (Å²) in [6.45, 7) is 0. The molecule has 0 spiro atoms. The first-order valence-corrected chi connectivity index (χ1v) is 5.19.